The van der Waals surface area contributed by atoms with Crippen molar-refractivity contribution in [1.29, 1.82) is 0 Å². The maximum atomic E-state index is 10.6. The van der Waals surface area contributed by atoms with Gasteiger partial charge in [-0.15, -0.1) is 0 Å². The smallest absolute Gasteiger partial charge is 0.184 e. The molecular weight excluding hydrogens is 407 g/mol. The van der Waals surface area contributed by atoms with Crippen LogP contribution in [0.4, 0.5) is 0 Å². The lowest BCUT2D eigenvalue weighted by atomic mass is 10.0. The number of fused-ring (bicyclic) bond motifs is 3. The summed E-state index contributed by atoms with van der Waals surface area (Å²) in [6, 6.07) is 14.1. The largest absolute Gasteiger partial charge is 0.387 e. The average molecular weight is 427 g/mol. The van der Waals surface area contributed by atoms with E-state index in [2.05, 4.69) is 0 Å². The number of rotatable bonds is 2. The molecule has 2 fully saturated rings. The summed E-state index contributed by atoms with van der Waals surface area (Å²) in [6.07, 6.45) is -5.48. The topological polar surface area (TPSA) is 77.4 Å². The first-order chi connectivity index (χ1) is 13.5. The maximum absolute atomic E-state index is 10.6. The monoisotopic (exact) mass is 426 g/mol. The quantitative estimate of drug-likeness (QED) is 0.767. The molecule has 6 nitrogen and oxygen atoms in total. The van der Waals surface area contributed by atoms with Crippen LogP contribution in [0.3, 0.4) is 0 Å². The number of aliphatic hydroxyl groups is 2. The average Bonchev–Trinajstić information content (AvgIpc) is 2.78. The van der Waals surface area contributed by atoms with Crippen LogP contribution in [0.15, 0.2) is 48.5 Å². The summed E-state index contributed by atoms with van der Waals surface area (Å²) in [5.74, 6) is 0. The minimum Gasteiger partial charge on any atom is -0.387 e. The first kappa shape index (κ1) is 20.1. The highest BCUT2D eigenvalue weighted by molar-refractivity contribution is 6.30. The van der Waals surface area contributed by atoms with Crippen LogP contribution in [0, 0.1) is 0 Å². The summed E-state index contributed by atoms with van der Waals surface area (Å²) in [7, 11) is 0. The Balaban J connectivity index is 1.58. The fraction of sp³-hybridized carbons (Fsp3) is 0.400. The predicted octanol–water partition coefficient (Wildman–Crippen LogP) is 3.24. The fourth-order valence-electron chi connectivity index (χ4n) is 3.23. The van der Waals surface area contributed by atoms with Gasteiger partial charge >= 0.3 is 0 Å². The van der Waals surface area contributed by atoms with Gasteiger partial charge in [-0.25, -0.2) is 0 Å². The summed E-state index contributed by atoms with van der Waals surface area (Å²) in [5, 5.41) is 22.3. The van der Waals surface area contributed by atoms with Gasteiger partial charge in [0.05, 0.1) is 13.2 Å². The SMILES string of the molecule is O[C@H]1[C@H](O)[C@H]2COC(c3ccc(Cl)cc3)OC[C@@H]1OC(c1ccc(Cl)cc1)O2. The van der Waals surface area contributed by atoms with Crippen LogP contribution >= 0.6 is 23.2 Å². The van der Waals surface area contributed by atoms with E-state index in [1.807, 2.05) is 0 Å². The molecule has 0 spiro atoms. The highest BCUT2D eigenvalue weighted by atomic mass is 35.5. The van der Waals surface area contributed by atoms with E-state index >= 15 is 0 Å². The fourth-order valence-corrected chi connectivity index (χ4v) is 3.48. The molecule has 4 rings (SSSR count). The van der Waals surface area contributed by atoms with Crippen LogP contribution in [0.25, 0.3) is 0 Å². The Labute approximate surface area is 172 Å². The van der Waals surface area contributed by atoms with E-state index in [1.165, 1.54) is 0 Å². The standard InChI is InChI=1S/C20H20Cl2O6/c21-13-5-1-11(2-6-13)19-25-9-15-17(23)18(24)16(10-26-19)28-20(27-15)12-3-7-14(22)8-4-12/h1-8,15-20,23-24H,9-10H2/t15-,16+,17-,18-,19?,20?/m1/s1. The predicted molar refractivity (Wildman–Crippen MR) is 102 cm³/mol. The molecule has 2 aliphatic heterocycles. The van der Waals surface area contributed by atoms with Crippen LogP contribution < -0.4 is 0 Å². The van der Waals surface area contributed by atoms with Gasteiger partial charge in [-0.3, -0.25) is 0 Å². The van der Waals surface area contributed by atoms with Crippen molar-refractivity contribution < 1.29 is 29.2 Å². The van der Waals surface area contributed by atoms with Gasteiger partial charge < -0.3 is 29.2 Å². The molecule has 28 heavy (non-hydrogen) atoms. The van der Waals surface area contributed by atoms with Crippen molar-refractivity contribution in [3.63, 3.8) is 0 Å². The van der Waals surface area contributed by atoms with Gasteiger partial charge in [0.1, 0.15) is 24.4 Å². The summed E-state index contributed by atoms with van der Waals surface area (Å²) in [4.78, 5) is 0. The van der Waals surface area contributed by atoms with Crippen molar-refractivity contribution in [1.82, 2.24) is 0 Å². The van der Waals surface area contributed by atoms with Crippen LogP contribution in [0.2, 0.25) is 10.0 Å². The van der Waals surface area contributed by atoms with Crippen LogP contribution in [0.1, 0.15) is 23.7 Å². The van der Waals surface area contributed by atoms with Crippen LogP contribution in [-0.4, -0.2) is 47.8 Å². The third kappa shape index (κ3) is 4.35. The van der Waals surface area contributed by atoms with E-state index in [4.69, 9.17) is 42.1 Å². The molecule has 8 heteroatoms. The van der Waals surface area contributed by atoms with Gasteiger partial charge in [0, 0.05) is 21.2 Å². The second-order valence-electron chi connectivity index (χ2n) is 6.76. The molecule has 0 aliphatic carbocycles. The minimum atomic E-state index is -1.19. The Morgan fingerprint density at radius 2 is 1.04 bits per heavy atom. The Hall–Kier alpha value is -1.22. The molecule has 0 saturated carbocycles. The molecule has 2 aromatic rings. The van der Waals surface area contributed by atoms with Gasteiger partial charge in [0.2, 0.25) is 0 Å². The van der Waals surface area contributed by atoms with Gasteiger partial charge in [0.25, 0.3) is 0 Å². The zero-order chi connectivity index (χ0) is 19.7. The van der Waals surface area contributed by atoms with Gasteiger partial charge in [-0.05, 0) is 24.3 Å². The van der Waals surface area contributed by atoms with Crippen molar-refractivity contribution >= 4 is 23.2 Å². The van der Waals surface area contributed by atoms with Gasteiger partial charge in [-0.2, -0.15) is 0 Å². The van der Waals surface area contributed by atoms with E-state index in [0.717, 1.165) is 11.1 Å². The molecular formula is C20H20Cl2O6. The summed E-state index contributed by atoms with van der Waals surface area (Å²) >= 11 is 11.9. The summed E-state index contributed by atoms with van der Waals surface area (Å²) in [6.45, 7) is 0.0113. The van der Waals surface area contributed by atoms with Crippen molar-refractivity contribution in [2.24, 2.45) is 0 Å². The van der Waals surface area contributed by atoms with E-state index in [-0.39, 0.29) is 13.2 Å². The van der Waals surface area contributed by atoms with Crippen molar-refractivity contribution in [3.8, 4) is 0 Å². The molecule has 150 valence electrons. The van der Waals surface area contributed by atoms with Crippen molar-refractivity contribution in [2.45, 2.75) is 37.0 Å². The Morgan fingerprint density at radius 3 is 1.46 bits per heavy atom. The molecule has 2 unspecified atom stereocenters. The molecule has 2 aliphatic rings. The van der Waals surface area contributed by atoms with E-state index in [0.29, 0.717) is 10.0 Å². The minimum absolute atomic E-state index is 0.00564. The van der Waals surface area contributed by atoms with Crippen LogP contribution in [0.5, 0.6) is 0 Å². The normalized spacial score (nSPS) is 33.6. The molecule has 6 atom stereocenters. The van der Waals surface area contributed by atoms with Gasteiger partial charge in [-0.1, -0.05) is 47.5 Å². The number of halogens is 2. The third-order valence-corrected chi connectivity index (χ3v) is 5.32. The first-order valence-corrected chi connectivity index (χ1v) is 9.68. The third-order valence-electron chi connectivity index (χ3n) is 4.82. The molecule has 2 heterocycles. The van der Waals surface area contributed by atoms with E-state index in [9.17, 15) is 10.2 Å². The number of ether oxygens (including phenoxy) is 4. The molecule has 2 bridgehead atoms. The maximum Gasteiger partial charge on any atom is 0.184 e. The van der Waals surface area contributed by atoms with E-state index < -0.39 is 37.0 Å². The Morgan fingerprint density at radius 1 is 0.643 bits per heavy atom. The Kier molecular flexibility index (Phi) is 6.20. The molecule has 2 N–H and O–H groups in total. The Bertz CT molecular complexity index is 762. The zero-order valence-electron chi connectivity index (χ0n) is 14.8. The van der Waals surface area contributed by atoms with E-state index in [1.54, 1.807) is 48.5 Å². The number of benzene rings is 2. The second kappa shape index (κ2) is 8.65. The first-order valence-electron chi connectivity index (χ1n) is 8.92. The molecule has 2 aromatic carbocycles. The highest BCUT2D eigenvalue weighted by Gasteiger charge is 2.42. The molecule has 0 amide bonds. The summed E-state index contributed by atoms with van der Waals surface area (Å²) < 4.78 is 23.6. The second-order valence-corrected chi connectivity index (χ2v) is 7.64. The zero-order valence-corrected chi connectivity index (χ0v) is 16.3. The highest BCUT2D eigenvalue weighted by Crippen LogP contribution is 2.33. The lowest BCUT2D eigenvalue weighted by molar-refractivity contribution is -0.252. The molecule has 0 aromatic heterocycles. The number of hydrogen-bond donors (Lipinski definition) is 2. The van der Waals surface area contributed by atoms with Gasteiger partial charge in [0.15, 0.2) is 12.6 Å². The van der Waals surface area contributed by atoms with Crippen molar-refractivity contribution in [2.75, 3.05) is 13.2 Å². The lowest BCUT2D eigenvalue weighted by Crippen LogP contribution is -2.45. The lowest BCUT2D eigenvalue weighted by Gasteiger charge is -2.28. The summed E-state index contributed by atoms with van der Waals surface area (Å²) in [5.41, 5.74) is 1.48. The van der Waals surface area contributed by atoms with Crippen molar-refractivity contribution in [3.05, 3.63) is 69.7 Å². The number of hydrogen-bond acceptors (Lipinski definition) is 6. The molecule has 0 radical (unpaired) electrons. The molecule has 2 saturated heterocycles. The number of aliphatic hydroxyl groups excluding tert-OH is 2. The van der Waals surface area contributed by atoms with Crippen LogP contribution in [-0.2, 0) is 18.9 Å².